The third kappa shape index (κ3) is 3.11. The van der Waals surface area contributed by atoms with Gasteiger partial charge >= 0.3 is 0 Å². The number of ether oxygens (including phenoxy) is 1. The number of quaternary nitrogens is 2. The number of rotatable bonds is 4. The highest BCUT2D eigenvalue weighted by molar-refractivity contribution is 5.77. The van der Waals surface area contributed by atoms with Crippen LogP contribution < -0.4 is 14.5 Å². The summed E-state index contributed by atoms with van der Waals surface area (Å²) in [5.74, 6) is 0.959. The molecule has 1 heterocycles. The van der Waals surface area contributed by atoms with E-state index in [1.807, 2.05) is 6.07 Å². The van der Waals surface area contributed by atoms with E-state index in [2.05, 4.69) is 66.7 Å². The lowest BCUT2D eigenvalue weighted by molar-refractivity contribution is -1.03. The first-order chi connectivity index (χ1) is 13.8. The molecule has 28 heavy (non-hydrogen) atoms. The van der Waals surface area contributed by atoms with Gasteiger partial charge < -0.3 is 14.5 Å². The van der Waals surface area contributed by atoms with Crippen molar-refractivity contribution in [2.45, 2.75) is 12.6 Å². The molecule has 0 saturated carbocycles. The summed E-state index contributed by atoms with van der Waals surface area (Å²) >= 11 is 0. The Kier molecular flexibility index (Phi) is 4.63. The molecule has 2 aliphatic rings. The first-order valence-corrected chi connectivity index (χ1v) is 10.3. The smallest absolute Gasteiger partial charge is 0.140 e. The summed E-state index contributed by atoms with van der Waals surface area (Å²) in [5, 5.41) is 0. The molecule has 1 fully saturated rings. The van der Waals surface area contributed by atoms with Crippen LogP contribution in [-0.2, 0) is 6.54 Å². The van der Waals surface area contributed by atoms with Crippen LogP contribution in [0, 0.1) is 0 Å². The number of piperazine rings is 1. The van der Waals surface area contributed by atoms with Crippen LogP contribution in [-0.4, -0.2) is 33.3 Å². The molecule has 142 valence electrons. The average molecular weight is 373 g/mol. The molecule has 1 aliphatic heterocycles. The summed E-state index contributed by atoms with van der Waals surface area (Å²) in [4.78, 5) is 3.39. The first kappa shape index (κ1) is 17.5. The third-order valence-electron chi connectivity index (χ3n) is 6.43. The van der Waals surface area contributed by atoms with Gasteiger partial charge in [-0.2, -0.15) is 0 Å². The molecule has 3 aromatic carbocycles. The van der Waals surface area contributed by atoms with Crippen molar-refractivity contribution in [2.75, 3.05) is 33.3 Å². The first-order valence-electron chi connectivity index (χ1n) is 10.3. The van der Waals surface area contributed by atoms with Crippen molar-refractivity contribution >= 4 is 0 Å². The van der Waals surface area contributed by atoms with Crippen molar-refractivity contribution in [3.8, 4) is 16.9 Å². The number of fused-ring (bicyclic) bond motifs is 3. The van der Waals surface area contributed by atoms with E-state index in [9.17, 15) is 0 Å². The molecule has 0 spiro atoms. The normalized spacial score (nSPS) is 21.2. The minimum absolute atomic E-state index is 0.491. The molecule has 2 N–H and O–H groups in total. The largest absolute Gasteiger partial charge is 0.497 e. The Labute approximate surface area is 167 Å². The molecule has 3 heteroatoms. The van der Waals surface area contributed by atoms with Crippen molar-refractivity contribution < 1.29 is 14.5 Å². The molecular weight excluding hydrogens is 344 g/mol. The van der Waals surface area contributed by atoms with E-state index in [1.165, 1.54) is 54.0 Å². The molecule has 0 unspecified atom stereocenters. The van der Waals surface area contributed by atoms with Crippen LogP contribution in [0.3, 0.4) is 0 Å². The third-order valence-corrected chi connectivity index (χ3v) is 6.43. The van der Waals surface area contributed by atoms with Crippen molar-refractivity contribution in [3.05, 3.63) is 89.5 Å². The molecule has 5 rings (SSSR count). The van der Waals surface area contributed by atoms with Crippen molar-refractivity contribution in [2.24, 2.45) is 0 Å². The number of methoxy groups -OCH3 is 1. The molecule has 1 aliphatic carbocycles. The topological polar surface area (TPSA) is 18.1 Å². The fourth-order valence-electron chi connectivity index (χ4n) is 5.06. The zero-order valence-electron chi connectivity index (χ0n) is 16.4. The fourth-order valence-corrected chi connectivity index (χ4v) is 5.06. The van der Waals surface area contributed by atoms with Gasteiger partial charge in [0, 0.05) is 16.7 Å². The Morgan fingerprint density at radius 3 is 2.07 bits per heavy atom. The molecule has 3 nitrogen and oxygen atoms in total. The monoisotopic (exact) mass is 372 g/mol. The maximum atomic E-state index is 5.38. The zero-order chi connectivity index (χ0) is 18.9. The summed E-state index contributed by atoms with van der Waals surface area (Å²) in [6.07, 6.45) is 0. The van der Waals surface area contributed by atoms with Gasteiger partial charge in [0.1, 0.15) is 44.5 Å². The zero-order valence-corrected chi connectivity index (χ0v) is 16.4. The van der Waals surface area contributed by atoms with Crippen LogP contribution in [0.2, 0.25) is 0 Å². The van der Waals surface area contributed by atoms with Crippen LogP contribution in [0.15, 0.2) is 72.8 Å². The highest BCUT2D eigenvalue weighted by Gasteiger charge is 2.38. The van der Waals surface area contributed by atoms with E-state index in [0.29, 0.717) is 6.04 Å². The quantitative estimate of drug-likeness (QED) is 0.714. The summed E-state index contributed by atoms with van der Waals surface area (Å²) in [6, 6.07) is 27.0. The van der Waals surface area contributed by atoms with Crippen LogP contribution >= 0.6 is 0 Å². The standard InChI is InChI=1S/C25H26N2O/c1-28-20-8-6-7-19(17-20)18-26-13-15-27(16-14-26)25-23-11-4-2-9-21(23)22-10-3-5-12-24(22)25/h2-12,17,25H,13-16,18H2,1H3/p+2. The van der Waals surface area contributed by atoms with E-state index in [0.717, 1.165) is 12.3 Å². The lowest BCUT2D eigenvalue weighted by atomic mass is 10.0. The van der Waals surface area contributed by atoms with Crippen molar-refractivity contribution in [3.63, 3.8) is 0 Å². The van der Waals surface area contributed by atoms with Crippen molar-refractivity contribution in [1.82, 2.24) is 0 Å². The van der Waals surface area contributed by atoms with E-state index in [-0.39, 0.29) is 0 Å². The average Bonchev–Trinajstić information content (AvgIpc) is 3.09. The predicted octanol–water partition coefficient (Wildman–Crippen LogP) is 1.75. The number of benzene rings is 3. The van der Waals surface area contributed by atoms with Crippen LogP contribution in [0.1, 0.15) is 22.7 Å². The van der Waals surface area contributed by atoms with E-state index in [4.69, 9.17) is 4.74 Å². The van der Waals surface area contributed by atoms with Gasteiger partial charge in [-0.15, -0.1) is 0 Å². The number of hydrogen-bond acceptors (Lipinski definition) is 1. The number of hydrogen-bond donors (Lipinski definition) is 2. The van der Waals surface area contributed by atoms with Gasteiger partial charge in [-0.05, 0) is 23.3 Å². The molecule has 3 aromatic rings. The second-order valence-corrected chi connectivity index (χ2v) is 8.04. The predicted molar refractivity (Wildman–Crippen MR) is 112 cm³/mol. The van der Waals surface area contributed by atoms with Crippen LogP contribution in [0.5, 0.6) is 5.75 Å². The molecule has 1 saturated heterocycles. The molecule has 0 bridgehead atoms. The van der Waals surface area contributed by atoms with Gasteiger partial charge in [-0.1, -0.05) is 60.7 Å². The van der Waals surface area contributed by atoms with Gasteiger partial charge in [0.05, 0.1) is 7.11 Å². The minimum Gasteiger partial charge on any atom is -0.497 e. The van der Waals surface area contributed by atoms with Crippen molar-refractivity contribution in [1.29, 1.82) is 0 Å². The summed E-state index contributed by atoms with van der Waals surface area (Å²) < 4.78 is 5.38. The molecular formula is C25H28N2O+2. The van der Waals surface area contributed by atoms with Crippen LogP contribution in [0.25, 0.3) is 11.1 Å². The highest BCUT2D eigenvalue weighted by atomic mass is 16.5. The molecule has 0 radical (unpaired) electrons. The lowest BCUT2D eigenvalue weighted by Gasteiger charge is -2.34. The van der Waals surface area contributed by atoms with Crippen LogP contribution in [0.4, 0.5) is 0 Å². The Bertz CT molecular complexity index is 930. The maximum absolute atomic E-state index is 5.38. The summed E-state index contributed by atoms with van der Waals surface area (Å²) in [6.45, 7) is 5.95. The van der Waals surface area contributed by atoms with Gasteiger partial charge in [-0.3, -0.25) is 0 Å². The second kappa shape index (κ2) is 7.42. The van der Waals surface area contributed by atoms with E-state index >= 15 is 0 Å². The summed E-state index contributed by atoms with van der Waals surface area (Å²) in [5.41, 5.74) is 7.25. The minimum atomic E-state index is 0.491. The summed E-state index contributed by atoms with van der Waals surface area (Å²) in [7, 11) is 1.74. The van der Waals surface area contributed by atoms with E-state index < -0.39 is 0 Å². The number of nitrogens with one attached hydrogen (secondary N) is 2. The SMILES string of the molecule is COc1cccc(C[NH+]2CC[NH+](C3c4ccccc4-c4ccccc43)CC2)c1. The van der Waals surface area contributed by atoms with Gasteiger partial charge in [0.15, 0.2) is 0 Å². The highest BCUT2D eigenvalue weighted by Crippen LogP contribution is 2.41. The second-order valence-electron chi connectivity index (χ2n) is 8.04. The Morgan fingerprint density at radius 2 is 1.43 bits per heavy atom. The molecule has 0 amide bonds. The lowest BCUT2D eigenvalue weighted by Crippen LogP contribution is -3.27. The Morgan fingerprint density at radius 1 is 0.786 bits per heavy atom. The van der Waals surface area contributed by atoms with Gasteiger partial charge in [0.25, 0.3) is 0 Å². The Balaban J connectivity index is 1.32. The maximum Gasteiger partial charge on any atom is 0.140 e. The molecule has 0 aromatic heterocycles. The molecule has 0 atom stereocenters. The Hall–Kier alpha value is -2.62. The fraction of sp³-hybridized carbons (Fsp3) is 0.280. The van der Waals surface area contributed by atoms with Gasteiger partial charge in [0.2, 0.25) is 0 Å². The van der Waals surface area contributed by atoms with E-state index in [1.54, 1.807) is 16.9 Å². The van der Waals surface area contributed by atoms with Gasteiger partial charge in [-0.25, -0.2) is 0 Å².